The second-order valence-electron chi connectivity index (χ2n) is 3.40. The first-order valence-electron chi connectivity index (χ1n) is 4.82. The summed E-state index contributed by atoms with van der Waals surface area (Å²) in [7, 11) is 0. The zero-order chi connectivity index (χ0) is 11.5. The summed E-state index contributed by atoms with van der Waals surface area (Å²) in [6, 6.07) is 10.9. The summed E-state index contributed by atoms with van der Waals surface area (Å²) in [4.78, 5) is 4.03. The van der Waals surface area contributed by atoms with Crippen LogP contribution in [0.1, 0.15) is 5.56 Å². The summed E-state index contributed by atoms with van der Waals surface area (Å²) in [6.45, 7) is 1.95. The Balaban J connectivity index is 2.34. The van der Waals surface area contributed by atoms with Crippen molar-refractivity contribution >= 4 is 17.3 Å². The van der Waals surface area contributed by atoms with Crippen LogP contribution in [-0.2, 0) is 0 Å². The minimum Gasteiger partial charge on any atom is -0.437 e. The number of nitrogens with zero attached hydrogens (tertiary/aromatic N) is 1. The number of aryl methyl sites for hydroxylation is 1. The molecular weight excluding hydrogens is 224 g/mol. The topological polar surface area (TPSA) is 48.1 Å². The van der Waals surface area contributed by atoms with Crippen molar-refractivity contribution in [2.45, 2.75) is 6.92 Å². The molecule has 0 bridgehead atoms. The Hall–Kier alpha value is -1.74. The van der Waals surface area contributed by atoms with Crippen molar-refractivity contribution in [3.63, 3.8) is 0 Å². The first-order chi connectivity index (χ1) is 7.66. The third-order valence-electron chi connectivity index (χ3n) is 2.16. The largest absolute Gasteiger partial charge is 0.437 e. The molecule has 16 heavy (non-hydrogen) atoms. The molecule has 0 radical (unpaired) electrons. The molecule has 2 rings (SSSR count). The number of benzene rings is 1. The molecule has 0 saturated carbocycles. The smallest absolute Gasteiger partial charge is 0.244 e. The Labute approximate surface area is 98.8 Å². The molecule has 0 saturated heterocycles. The van der Waals surface area contributed by atoms with Gasteiger partial charge in [0.25, 0.3) is 0 Å². The molecule has 0 spiro atoms. The van der Waals surface area contributed by atoms with Gasteiger partial charge in [0.05, 0.1) is 5.69 Å². The highest BCUT2D eigenvalue weighted by Crippen LogP contribution is 2.28. The lowest BCUT2D eigenvalue weighted by molar-refractivity contribution is 0.462. The van der Waals surface area contributed by atoms with Crippen molar-refractivity contribution in [2.75, 3.05) is 5.73 Å². The van der Waals surface area contributed by atoms with E-state index in [1.54, 1.807) is 12.1 Å². The van der Waals surface area contributed by atoms with Crippen molar-refractivity contribution in [3.8, 4) is 11.6 Å². The molecule has 0 atom stereocenters. The number of nitrogen functional groups attached to an aromatic ring is 1. The summed E-state index contributed by atoms with van der Waals surface area (Å²) in [5.74, 6) is 1.06. The van der Waals surface area contributed by atoms with Gasteiger partial charge in [-0.25, -0.2) is 0 Å². The third-order valence-corrected chi connectivity index (χ3v) is 2.37. The van der Waals surface area contributed by atoms with E-state index >= 15 is 0 Å². The minimum absolute atomic E-state index is 0.335. The predicted molar refractivity (Wildman–Crippen MR) is 64.9 cm³/mol. The zero-order valence-corrected chi connectivity index (χ0v) is 9.53. The molecule has 82 valence electrons. The molecule has 3 nitrogen and oxygen atoms in total. The lowest BCUT2D eigenvalue weighted by Crippen LogP contribution is -1.96. The van der Waals surface area contributed by atoms with Gasteiger partial charge in [-0.05, 0) is 30.7 Å². The van der Waals surface area contributed by atoms with Gasteiger partial charge in [-0.15, -0.1) is 0 Å². The number of nitrogens with two attached hydrogens (primary N) is 1. The van der Waals surface area contributed by atoms with Crippen LogP contribution in [0.5, 0.6) is 11.6 Å². The van der Waals surface area contributed by atoms with Crippen LogP contribution in [0, 0.1) is 6.92 Å². The molecule has 2 N–H and O–H groups in total. The standard InChI is InChI=1S/C12H11ClN2O/c1-8-4-2-3-5-10(8)16-12-9(14)6-7-11(13)15-12/h2-7H,14H2,1H3. The van der Waals surface area contributed by atoms with Crippen molar-refractivity contribution < 1.29 is 4.74 Å². The fourth-order valence-corrected chi connectivity index (χ4v) is 1.43. The number of ether oxygens (including phenoxy) is 1. The van der Waals surface area contributed by atoms with Crippen LogP contribution in [0.4, 0.5) is 5.69 Å². The van der Waals surface area contributed by atoms with Crippen LogP contribution in [0.15, 0.2) is 36.4 Å². The average Bonchev–Trinajstić information content (AvgIpc) is 2.27. The van der Waals surface area contributed by atoms with Crippen molar-refractivity contribution in [1.29, 1.82) is 0 Å². The maximum Gasteiger partial charge on any atom is 0.244 e. The number of rotatable bonds is 2. The number of hydrogen-bond donors (Lipinski definition) is 1. The van der Waals surface area contributed by atoms with Crippen LogP contribution in [-0.4, -0.2) is 4.98 Å². The first-order valence-corrected chi connectivity index (χ1v) is 5.20. The number of pyridine rings is 1. The molecular formula is C12H11ClN2O. The van der Waals surface area contributed by atoms with Crippen LogP contribution >= 0.6 is 11.6 Å². The van der Waals surface area contributed by atoms with Crippen molar-refractivity contribution in [1.82, 2.24) is 4.98 Å². The fourth-order valence-electron chi connectivity index (χ4n) is 1.29. The second kappa shape index (κ2) is 4.41. The number of anilines is 1. The van der Waals surface area contributed by atoms with E-state index in [9.17, 15) is 0 Å². The maximum atomic E-state index is 5.78. The number of aromatic nitrogens is 1. The highest BCUT2D eigenvalue weighted by atomic mass is 35.5. The van der Waals surface area contributed by atoms with Crippen LogP contribution in [0.2, 0.25) is 5.15 Å². The SMILES string of the molecule is Cc1ccccc1Oc1nc(Cl)ccc1N. The fraction of sp³-hybridized carbons (Fsp3) is 0.0833. The van der Waals surface area contributed by atoms with E-state index in [0.717, 1.165) is 11.3 Å². The molecule has 0 aliphatic rings. The van der Waals surface area contributed by atoms with Crippen LogP contribution in [0.25, 0.3) is 0 Å². The van der Waals surface area contributed by atoms with E-state index in [1.807, 2.05) is 31.2 Å². The molecule has 4 heteroatoms. The monoisotopic (exact) mass is 234 g/mol. The van der Waals surface area contributed by atoms with Gasteiger partial charge in [0.1, 0.15) is 10.9 Å². The lowest BCUT2D eigenvalue weighted by atomic mass is 10.2. The molecule has 0 aliphatic carbocycles. The lowest BCUT2D eigenvalue weighted by Gasteiger charge is -2.09. The predicted octanol–water partition coefficient (Wildman–Crippen LogP) is 3.42. The molecule has 1 heterocycles. The molecule has 2 aromatic rings. The van der Waals surface area contributed by atoms with E-state index in [4.69, 9.17) is 22.1 Å². The van der Waals surface area contributed by atoms with Gasteiger partial charge in [0.2, 0.25) is 5.88 Å². The van der Waals surface area contributed by atoms with Gasteiger partial charge in [-0.1, -0.05) is 29.8 Å². The molecule has 1 aromatic carbocycles. The summed E-state index contributed by atoms with van der Waals surface area (Å²) < 4.78 is 5.60. The van der Waals surface area contributed by atoms with Gasteiger partial charge in [0.15, 0.2) is 0 Å². The first kappa shape index (κ1) is 10.8. The summed E-state index contributed by atoms with van der Waals surface area (Å²) in [6.07, 6.45) is 0. The van der Waals surface area contributed by atoms with Gasteiger partial charge in [-0.3, -0.25) is 0 Å². The Morgan fingerprint density at radius 2 is 1.94 bits per heavy atom. The number of halogens is 1. The maximum absolute atomic E-state index is 5.78. The Bertz CT molecular complexity index is 514. The van der Waals surface area contributed by atoms with E-state index in [0.29, 0.717) is 16.7 Å². The van der Waals surface area contributed by atoms with Crippen molar-refractivity contribution in [2.24, 2.45) is 0 Å². The van der Waals surface area contributed by atoms with E-state index in [-0.39, 0.29) is 0 Å². The van der Waals surface area contributed by atoms with Gasteiger partial charge in [-0.2, -0.15) is 4.98 Å². The summed E-state index contributed by atoms with van der Waals surface area (Å²) >= 11 is 5.78. The molecule has 0 aliphatic heterocycles. The highest BCUT2D eigenvalue weighted by molar-refractivity contribution is 6.29. The highest BCUT2D eigenvalue weighted by Gasteiger charge is 2.06. The average molecular weight is 235 g/mol. The molecule has 1 aromatic heterocycles. The van der Waals surface area contributed by atoms with E-state index in [2.05, 4.69) is 4.98 Å². The molecule has 0 unspecified atom stereocenters. The normalized spacial score (nSPS) is 10.1. The molecule has 0 amide bonds. The van der Waals surface area contributed by atoms with Gasteiger partial charge < -0.3 is 10.5 Å². The van der Waals surface area contributed by atoms with Gasteiger partial charge in [0, 0.05) is 0 Å². The Morgan fingerprint density at radius 1 is 1.19 bits per heavy atom. The summed E-state index contributed by atoms with van der Waals surface area (Å²) in [5, 5.41) is 0.359. The Morgan fingerprint density at radius 3 is 2.69 bits per heavy atom. The van der Waals surface area contributed by atoms with Crippen molar-refractivity contribution in [3.05, 3.63) is 47.1 Å². The second-order valence-corrected chi connectivity index (χ2v) is 3.78. The third kappa shape index (κ3) is 2.25. The minimum atomic E-state index is 0.335. The number of para-hydroxylation sites is 1. The van der Waals surface area contributed by atoms with E-state index < -0.39 is 0 Å². The molecule has 0 fully saturated rings. The summed E-state index contributed by atoms with van der Waals surface area (Å²) in [5.41, 5.74) is 7.22. The quantitative estimate of drug-likeness (QED) is 0.810. The Kier molecular flexibility index (Phi) is 2.97. The van der Waals surface area contributed by atoms with Crippen LogP contribution in [0.3, 0.4) is 0 Å². The zero-order valence-electron chi connectivity index (χ0n) is 8.77. The van der Waals surface area contributed by atoms with E-state index in [1.165, 1.54) is 0 Å². The van der Waals surface area contributed by atoms with Crippen LogP contribution < -0.4 is 10.5 Å². The van der Waals surface area contributed by atoms with Gasteiger partial charge >= 0.3 is 0 Å². The number of hydrogen-bond acceptors (Lipinski definition) is 3.